The zero-order valence-corrected chi connectivity index (χ0v) is 10.9. The first-order valence-corrected chi connectivity index (χ1v) is 5.01. The van der Waals surface area contributed by atoms with Crippen molar-refractivity contribution in [2.75, 3.05) is 14.1 Å². The van der Waals surface area contributed by atoms with Gasteiger partial charge in [0.2, 0.25) is 5.91 Å². The number of carbonyl (C=O) groups is 2. The van der Waals surface area contributed by atoms with Gasteiger partial charge in [-0.2, -0.15) is 5.26 Å². The Morgan fingerprint density at radius 3 is 2.10 bits per heavy atom. The van der Waals surface area contributed by atoms with Crippen LogP contribution < -0.4 is 11.5 Å². The Morgan fingerprint density at radius 1 is 1.40 bits per heavy atom. The standard InChI is InChI=1S/C10H14N4O2.HNO3/c1-14(2)8(10(13)16)4-3-7(6-11)5-9(12)15;2-1(3)4/h3-4H,5H2,1-2H3,(H2,12,15)(H2,13,16);(H,2,3,4). The third-order valence-electron chi connectivity index (χ3n) is 1.68. The van der Waals surface area contributed by atoms with Crippen molar-refractivity contribution in [2.45, 2.75) is 6.42 Å². The summed E-state index contributed by atoms with van der Waals surface area (Å²) in [6.07, 6.45) is 2.57. The Hall–Kier alpha value is -3.09. The molecule has 0 aromatic carbocycles. The average Bonchev–Trinajstić information content (AvgIpc) is 2.25. The van der Waals surface area contributed by atoms with Crippen LogP contribution in [-0.2, 0) is 9.59 Å². The fraction of sp³-hybridized carbons (Fsp3) is 0.300. The molecule has 0 aromatic heterocycles. The summed E-state index contributed by atoms with van der Waals surface area (Å²) in [6.45, 7) is 0. The zero-order chi connectivity index (χ0) is 16.3. The zero-order valence-electron chi connectivity index (χ0n) is 10.9. The Bertz CT molecular complexity index is 471. The van der Waals surface area contributed by atoms with Crippen molar-refractivity contribution >= 4 is 11.8 Å². The number of nitrogens with two attached hydrogens (primary N) is 2. The van der Waals surface area contributed by atoms with E-state index in [1.807, 2.05) is 6.07 Å². The minimum atomic E-state index is -1.50. The van der Waals surface area contributed by atoms with E-state index >= 15 is 0 Å². The summed E-state index contributed by atoms with van der Waals surface area (Å²) < 4.78 is 0. The van der Waals surface area contributed by atoms with E-state index in [0.717, 1.165) is 0 Å². The lowest BCUT2D eigenvalue weighted by Crippen LogP contribution is -2.25. The van der Waals surface area contributed by atoms with Crippen molar-refractivity contribution in [2.24, 2.45) is 11.5 Å². The summed E-state index contributed by atoms with van der Waals surface area (Å²) in [7, 11) is 3.29. The highest BCUT2D eigenvalue weighted by molar-refractivity contribution is 5.91. The average molecular weight is 285 g/mol. The molecular weight excluding hydrogens is 270 g/mol. The van der Waals surface area contributed by atoms with Gasteiger partial charge in [0.05, 0.1) is 12.5 Å². The molecule has 10 heteroatoms. The van der Waals surface area contributed by atoms with Crippen LogP contribution >= 0.6 is 0 Å². The van der Waals surface area contributed by atoms with Crippen molar-refractivity contribution in [1.29, 1.82) is 5.26 Å². The Balaban J connectivity index is 0. The molecule has 2 amide bonds. The minimum absolute atomic E-state index is 0.160. The SMILES string of the molecule is CN(C)C(=CC=C(C#N)CC(N)=O)C(N)=O.O=[N+]([O-])O. The summed E-state index contributed by atoms with van der Waals surface area (Å²) in [5.74, 6) is -1.22. The lowest BCUT2D eigenvalue weighted by molar-refractivity contribution is -0.742. The quantitative estimate of drug-likeness (QED) is 0.188. The van der Waals surface area contributed by atoms with E-state index in [9.17, 15) is 9.59 Å². The van der Waals surface area contributed by atoms with Crippen molar-refractivity contribution in [3.05, 3.63) is 33.5 Å². The molecule has 0 rings (SSSR count). The van der Waals surface area contributed by atoms with Gasteiger partial charge in [0.25, 0.3) is 11.0 Å². The van der Waals surface area contributed by atoms with Crippen molar-refractivity contribution in [3.63, 3.8) is 0 Å². The van der Waals surface area contributed by atoms with Gasteiger partial charge in [0, 0.05) is 19.7 Å². The summed E-state index contributed by atoms with van der Waals surface area (Å²) in [5.41, 5.74) is 10.5. The van der Waals surface area contributed by atoms with Gasteiger partial charge in [-0.25, -0.2) is 0 Å². The first-order chi connectivity index (χ1) is 9.11. The number of carbonyl (C=O) groups excluding carboxylic acids is 2. The third-order valence-corrected chi connectivity index (χ3v) is 1.68. The molecule has 0 heterocycles. The Kier molecular flexibility index (Phi) is 9.52. The summed E-state index contributed by atoms with van der Waals surface area (Å²) in [6, 6.07) is 1.81. The molecule has 10 nitrogen and oxygen atoms in total. The molecule has 0 aliphatic heterocycles. The molecule has 0 radical (unpaired) electrons. The van der Waals surface area contributed by atoms with Crippen LogP contribution in [0.2, 0.25) is 0 Å². The second-order valence-corrected chi connectivity index (χ2v) is 3.50. The van der Waals surface area contributed by atoms with Crippen molar-refractivity contribution in [3.8, 4) is 6.07 Å². The monoisotopic (exact) mass is 285 g/mol. The molecule has 0 saturated heterocycles. The number of allylic oxidation sites excluding steroid dienone is 2. The number of nitrogens with zero attached hydrogens (tertiary/aromatic N) is 3. The summed E-state index contributed by atoms with van der Waals surface area (Å²) in [5, 5.41) is 22.3. The number of rotatable bonds is 5. The van der Waals surface area contributed by atoms with Gasteiger partial charge in [-0.1, -0.05) is 0 Å². The molecule has 0 aliphatic rings. The summed E-state index contributed by atoms with van der Waals surface area (Å²) in [4.78, 5) is 31.4. The van der Waals surface area contributed by atoms with Crippen LogP contribution in [-0.4, -0.2) is 41.1 Å². The third kappa shape index (κ3) is 11.4. The Morgan fingerprint density at radius 2 is 1.85 bits per heavy atom. The Labute approximate surface area is 114 Å². The second kappa shape index (κ2) is 9.89. The molecule has 0 fully saturated rings. The number of primary amides is 2. The molecule has 0 aromatic rings. The smallest absolute Gasteiger partial charge is 0.291 e. The molecular formula is C10H15N5O5. The van der Waals surface area contributed by atoms with E-state index in [4.69, 9.17) is 32.1 Å². The van der Waals surface area contributed by atoms with E-state index in [0.29, 0.717) is 0 Å². The lowest BCUT2D eigenvalue weighted by Gasteiger charge is -2.12. The normalized spacial score (nSPS) is 10.7. The molecule has 0 bridgehead atoms. The fourth-order valence-electron chi connectivity index (χ4n) is 0.955. The highest BCUT2D eigenvalue weighted by Crippen LogP contribution is 2.03. The number of hydrogen-bond donors (Lipinski definition) is 3. The van der Waals surface area contributed by atoms with Crippen LogP contribution in [0.3, 0.4) is 0 Å². The molecule has 0 atom stereocenters. The second-order valence-electron chi connectivity index (χ2n) is 3.50. The van der Waals surface area contributed by atoms with E-state index in [1.165, 1.54) is 17.1 Å². The largest absolute Gasteiger partial charge is 0.373 e. The lowest BCUT2D eigenvalue weighted by atomic mass is 10.2. The summed E-state index contributed by atoms with van der Waals surface area (Å²) >= 11 is 0. The van der Waals surface area contributed by atoms with Crippen LogP contribution in [0.15, 0.2) is 23.4 Å². The van der Waals surface area contributed by atoms with Gasteiger partial charge in [-0.3, -0.25) is 9.59 Å². The van der Waals surface area contributed by atoms with E-state index in [2.05, 4.69) is 0 Å². The topological polar surface area (TPSA) is 177 Å². The highest BCUT2D eigenvalue weighted by Gasteiger charge is 2.06. The molecule has 20 heavy (non-hydrogen) atoms. The highest BCUT2D eigenvalue weighted by atomic mass is 16.9. The number of nitriles is 1. The van der Waals surface area contributed by atoms with Gasteiger partial charge in [-0.15, -0.1) is 10.1 Å². The van der Waals surface area contributed by atoms with Gasteiger partial charge in [0.1, 0.15) is 5.70 Å². The van der Waals surface area contributed by atoms with Gasteiger partial charge >= 0.3 is 0 Å². The maximum absolute atomic E-state index is 11.0. The van der Waals surface area contributed by atoms with E-state index < -0.39 is 16.9 Å². The maximum atomic E-state index is 11.0. The van der Waals surface area contributed by atoms with Crippen LogP contribution in [0.1, 0.15) is 6.42 Å². The molecule has 0 aliphatic carbocycles. The molecule has 0 unspecified atom stereocenters. The first-order valence-electron chi connectivity index (χ1n) is 5.01. The van der Waals surface area contributed by atoms with Crippen LogP contribution in [0.25, 0.3) is 0 Å². The van der Waals surface area contributed by atoms with Crippen molar-refractivity contribution < 1.29 is 19.9 Å². The first kappa shape index (κ1) is 19.3. The van der Waals surface area contributed by atoms with Crippen LogP contribution in [0.4, 0.5) is 0 Å². The van der Waals surface area contributed by atoms with E-state index in [1.54, 1.807) is 14.1 Å². The predicted octanol–water partition coefficient (Wildman–Crippen LogP) is -1.11. The number of likely N-dealkylation sites (N-methyl/N-ethyl adjacent to an activating group) is 1. The van der Waals surface area contributed by atoms with E-state index in [-0.39, 0.29) is 17.7 Å². The van der Waals surface area contributed by atoms with Gasteiger partial charge in [-0.05, 0) is 12.2 Å². The fourth-order valence-corrected chi connectivity index (χ4v) is 0.955. The maximum Gasteiger partial charge on any atom is 0.291 e. The predicted molar refractivity (Wildman–Crippen MR) is 67.3 cm³/mol. The number of amides is 2. The minimum Gasteiger partial charge on any atom is -0.373 e. The molecule has 110 valence electrons. The van der Waals surface area contributed by atoms with Gasteiger partial charge in [0.15, 0.2) is 0 Å². The molecule has 0 saturated carbocycles. The van der Waals surface area contributed by atoms with Crippen LogP contribution in [0, 0.1) is 21.4 Å². The number of hydrogen-bond acceptors (Lipinski definition) is 6. The molecule has 5 N–H and O–H groups in total. The van der Waals surface area contributed by atoms with Crippen LogP contribution in [0.5, 0.6) is 0 Å². The van der Waals surface area contributed by atoms with Crippen molar-refractivity contribution in [1.82, 2.24) is 4.90 Å². The van der Waals surface area contributed by atoms with Gasteiger partial charge < -0.3 is 21.6 Å². The molecule has 0 spiro atoms.